The van der Waals surface area contributed by atoms with Gasteiger partial charge in [-0.05, 0) is 63.4 Å². The zero-order chi connectivity index (χ0) is 25.7. The second-order valence-electron chi connectivity index (χ2n) is 9.32. The molecule has 0 unspecified atom stereocenters. The predicted octanol–water partition coefficient (Wildman–Crippen LogP) is 4.11. The number of aryl methyl sites for hydroxylation is 1. The molecule has 1 atom stereocenters. The number of carbonyl (C=O) groups is 2. The van der Waals surface area contributed by atoms with Gasteiger partial charge in [0.25, 0.3) is 0 Å². The number of para-hydroxylation sites is 1. The van der Waals surface area contributed by atoms with Crippen LogP contribution in [-0.2, 0) is 32.6 Å². The lowest BCUT2D eigenvalue weighted by Crippen LogP contribution is -2.54. The van der Waals surface area contributed by atoms with E-state index in [9.17, 15) is 18.0 Å². The summed E-state index contributed by atoms with van der Waals surface area (Å²) < 4.78 is 27.4. The highest BCUT2D eigenvalue weighted by molar-refractivity contribution is 9.10. The predicted molar refractivity (Wildman–Crippen MR) is 140 cm³/mol. The van der Waals surface area contributed by atoms with Gasteiger partial charge in [-0.2, -0.15) is 0 Å². The number of rotatable bonds is 9. The van der Waals surface area contributed by atoms with Crippen molar-refractivity contribution in [1.82, 2.24) is 10.2 Å². The highest BCUT2D eigenvalue weighted by Crippen LogP contribution is 2.24. The minimum atomic E-state index is -3.75. The first kappa shape index (κ1) is 27.9. The Balaban J connectivity index is 2.43. The van der Waals surface area contributed by atoms with E-state index in [0.29, 0.717) is 12.1 Å². The SMILES string of the molecule is CCc1ccccc1N(CC(=O)N(Cc1ccc(Br)cc1)[C@H](C)C(=O)NC(C)(C)C)S(C)(=O)=O. The summed E-state index contributed by atoms with van der Waals surface area (Å²) in [6.07, 6.45) is 1.70. The molecule has 2 aromatic rings. The second kappa shape index (κ2) is 11.4. The molecule has 0 aromatic heterocycles. The number of benzene rings is 2. The summed E-state index contributed by atoms with van der Waals surface area (Å²) in [5.41, 5.74) is 1.64. The largest absolute Gasteiger partial charge is 0.350 e. The van der Waals surface area contributed by atoms with Crippen LogP contribution in [-0.4, -0.2) is 49.5 Å². The monoisotopic (exact) mass is 551 g/mol. The highest BCUT2D eigenvalue weighted by Gasteiger charge is 2.31. The minimum absolute atomic E-state index is 0.165. The fourth-order valence-corrected chi connectivity index (χ4v) is 4.64. The summed E-state index contributed by atoms with van der Waals surface area (Å²) >= 11 is 3.40. The number of amides is 2. The van der Waals surface area contributed by atoms with E-state index in [2.05, 4.69) is 21.2 Å². The van der Waals surface area contributed by atoms with Crippen LogP contribution >= 0.6 is 15.9 Å². The third-order valence-corrected chi connectivity index (χ3v) is 6.91. The van der Waals surface area contributed by atoms with Crippen LogP contribution < -0.4 is 9.62 Å². The standard InChI is InChI=1S/C25H34BrN3O4S/c1-7-20-10-8-9-11-22(20)29(34(6,32)33)17-23(30)28(16-19-12-14-21(26)15-13-19)18(2)24(31)27-25(3,4)5/h8-15,18H,7,16-17H2,1-6H3,(H,27,31)/t18-/m1/s1. The molecule has 0 aliphatic carbocycles. The summed E-state index contributed by atoms with van der Waals surface area (Å²) in [5.74, 6) is -0.770. The topological polar surface area (TPSA) is 86.8 Å². The van der Waals surface area contributed by atoms with E-state index in [4.69, 9.17) is 0 Å². The third-order valence-electron chi connectivity index (χ3n) is 5.25. The Labute approximate surface area is 211 Å². The van der Waals surface area contributed by atoms with Crippen molar-refractivity contribution in [2.75, 3.05) is 17.1 Å². The van der Waals surface area contributed by atoms with E-state index in [1.807, 2.05) is 64.1 Å². The van der Waals surface area contributed by atoms with Crippen LogP contribution in [0.25, 0.3) is 0 Å². The average Bonchev–Trinajstić information content (AvgIpc) is 2.74. The molecular weight excluding hydrogens is 518 g/mol. The fraction of sp³-hybridized carbons (Fsp3) is 0.440. The molecule has 0 saturated carbocycles. The summed E-state index contributed by atoms with van der Waals surface area (Å²) in [5, 5.41) is 2.91. The van der Waals surface area contributed by atoms with Crippen molar-refractivity contribution in [3.63, 3.8) is 0 Å². The molecule has 2 rings (SSSR count). The lowest BCUT2D eigenvalue weighted by Gasteiger charge is -2.33. The molecule has 0 bridgehead atoms. The lowest BCUT2D eigenvalue weighted by molar-refractivity contribution is -0.140. The Hall–Kier alpha value is -2.39. The Morgan fingerprint density at radius 2 is 1.65 bits per heavy atom. The molecule has 2 amide bonds. The van der Waals surface area contributed by atoms with Gasteiger partial charge in [0.05, 0.1) is 11.9 Å². The van der Waals surface area contributed by atoms with Gasteiger partial charge < -0.3 is 10.2 Å². The zero-order valence-corrected chi connectivity index (χ0v) is 23.0. The fourth-order valence-electron chi connectivity index (χ4n) is 3.49. The van der Waals surface area contributed by atoms with E-state index < -0.39 is 34.1 Å². The van der Waals surface area contributed by atoms with Crippen LogP contribution in [0.1, 0.15) is 45.7 Å². The molecule has 0 spiro atoms. The van der Waals surface area contributed by atoms with Gasteiger partial charge >= 0.3 is 0 Å². The summed E-state index contributed by atoms with van der Waals surface area (Å²) in [6.45, 7) is 8.95. The van der Waals surface area contributed by atoms with E-state index in [1.165, 1.54) is 4.90 Å². The Morgan fingerprint density at radius 1 is 1.06 bits per heavy atom. The van der Waals surface area contributed by atoms with E-state index in [1.54, 1.807) is 19.1 Å². The molecule has 0 radical (unpaired) electrons. The van der Waals surface area contributed by atoms with E-state index >= 15 is 0 Å². The number of nitrogens with one attached hydrogen (secondary N) is 1. The quantitative estimate of drug-likeness (QED) is 0.508. The average molecular weight is 553 g/mol. The van der Waals surface area contributed by atoms with Gasteiger partial charge in [-0.1, -0.05) is 53.2 Å². The van der Waals surface area contributed by atoms with Crippen LogP contribution in [0, 0.1) is 0 Å². The number of sulfonamides is 1. The number of halogens is 1. The van der Waals surface area contributed by atoms with Crippen molar-refractivity contribution in [2.24, 2.45) is 0 Å². The van der Waals surface area contributed by atoms with Crippen LogP contribution in [0.2, 0.25) is 0 Å². The van der Waals surface area contributed by atoms with Crippen molar-refractivity contribution in [1.29, 1.82) is 0 Å². The number of nitrogens with zero attached hydrogens (tertiary/aromatic N) is 2. The maximum Gasteiger partial charge on any atom is 0.244 e. The number of hydrogen-bond acceptors (Lipinski definition) is 4. The highest BCUT2D eigenvalue weighted by atomic mass is 79.9. The van der Waals surface area contributed by atoms with Gasteiger partial charge in [-0.3, -0.25) is 13.9 Å². The molecule has 0 fully saturated rings. The molecule has 0 heterocycles. The Morgan fingerprint density at radius 3 is 2.18 bits per heavy atom. The van der Waals surface area contributed by atoms with Crippen molar-refractivity contribution < 1.29 is 18.0 Å². The number of anilines is 1. The van der Waals surface area contributed by atoms with Crippen LogP contribution in [0.5, 0.6) is 0 Å². The maximum absolute atomic E-state index is 13.6. The summed E-state index contributed by atoms with van der Waals surface area (Å²) in [6, 6.07) is 13.8. The number of carbonyl (C=O) groups excluding carboxylic acids is 2. The van der Waals surface area contributed by atoms with Gasteiger partial charge in [0.1, 0.15) is 12.6 Å². The lowest BCUT2D eigenvalue weighted by atomic mass is 10.1. The normalized spacial score (nSPS) is 12.7. The summed E-state index contributed by atoms with van der Waals surface area (Å²) in [7, 11) is -3.75. The molecule has 7 nitrogen and oxygen atoms in total. The van der Waals surface area contributed by atoms with Crippen LogP contribution in [0.15, 0.2) is 53.0 Å². The first-order valence-electron chi connectivity index (χ1n) is 11.1. The molecule has 2 aromatic carbocycles. The molecule has 0 aliphatic heterocycles. The van der Waals surface area contributed by atoms with Crippen molar-refractivity contribution in [3.8, 4) is 0 Å². The van der Waals surface area contributed by atoms with Gasteiger partial charge in [0.2, 0.25) is 21.8 Å². The number of hydrogen-bond donors (Lipinski definition) is 1. The van der Waals surface area contributed by atoms with Gasteiger partial charge in [-0.15, -0.1) is 0 Å². The van der Waals surface area contributed by atoms with Gasteiger partial charge in [-0.25, -0.2) is 8.42 Å². The third kappa shape index (κ3) is 7.84. The Kier molecular flexibility index (Phi) is 9.30. The molecule has 0 aliphatic rings. The van der Waals surface area contributed by atoms with Crippen molar-refractivity contribution in [2.45, 2.75) is 59.2 Å². The molecular formula is C25H34BrN3O4S. The maximum atomic E-state index is 13.6. The summed E-state index contributed by atoms with van der Waals surface area (Å²) in [4.78, 5) is 28.0. The molecule has 9 heteroatoms. The van der Waals surface area contributed by atoms with Crippen molar-refractivity contribution in [3.05, 3.63) is 64.1 Å². The smallest absolute Gasteiger partial charge is 0.244 e. The van der Waals surface area contributed by atoms with Gasteiger partial charge in [0, 0.05) is 16.6 Å². The first-order chi connectivity index (χ1) is 15.7. The molecule has 0 saturated heterocycles. The first-order valence-corrected chi connectivity index (χ1v) is 13.8. The van der Waals surface area contributed by atoms with Crippen molar-refractivity contribution >= 4 is 43.5 Å². The molecule has 1 N–H and O–H groups in total. The van der Waals surface area contributed by atoms with Crippen LogP contribution in [0.4, 0.5) is 5.69 Å². The van der Waals surface area contributed by atoms with E-state index in [-0.39, 0.29) is 12.5 Å². The van der Waals surface area contributed by atoms with Gasteiger partial charge in [0.15, 0.2) is 0 Å². The Bertz CT molecular complexity index is 1110. The minimum Gasteiger partial charge on any atom is -0.350 e. The molecule has 34 heavy (non-hydrogen) atoms. The molecule has 186 valence electrons. The zero-order valence-electron chi connectivity index (χ0n) is 20.6. The van der Waals surface area contributed by atoms with E-state index in [0.717, 1.165) is 26.2 Å². The second-order valence-corrected chi connectivity index (χ2v) is 12.1. The van der Waals surface area contributed by atoms with Crippen LogP contribution in [0.3, 0.4) is 0 Å².